The minimum Gasteiger partial charge on any atom is -0.496 e. The minimum atomic E-state index is 0.0944. The predicted molar refractivity (Wildman–Crippen MR) is 106 cm³/mol. The second-order valence-corrected chi connectivity index (χ2v) is 7.67. The smallest absolute Gasteiger partial charge is 0.255 e. The van der Waals surface area contributed by atoms with E-state index in [0.717, 1.165) is 50.3 Å². The lowest BCUT2D eigenvalue weighted by molar-refractivity contribution is 0.0697. The summed E-state index contributed by atoms with van der Waals surface area (Å²) in [6, 6.07) is 10.2. The van der Waals surface area contributed by atoms with Gasteiger partial charge in [-0.25, -0.2) is 4.98 Å². The number of benzene rings is 1. The van der Waals surface area contributed by atoms with Gasteiger partial charge in [0.25, 0.3) is 5.91 Å². The van der Waals surface area contributed by atoms with Crippen molar-refractivity contribution < 1.29 is 9.53 Å². The number of fused-ring (bicyclic) bond motifs is 1. The van der Waals surface area contributed by atoms with Crippen LogP contribution in [0.3, 0.4) is 0 Å². The van der Waals surface area contributed by atoms with Crippen LogP contribution in [-0.4, -0.2) is 36.0 Å². The molecule has 1 fully saturated rings. The van der Waals surface area contributed by atoms with Gasteiger partial charge in [0.15, 0.2) is 0 Å². The summed E-state index contributed by atoms with van der Waals surface area (Å²) < 4.78 is 5.48. The maximum absolute atomic E-state index is 12.6. The average Bonchev–Trinajstić information content (AvgIpc) is 3.11. The Balaban J connectivity index is 1.43. The molecule has 5 heteroatoms. The number of methoxy groups -OCH3 is 1. The van der Waals surface area contributed by atoms with Crippen LogP contribution in [0.15, 0.2) is 36.5 Å². The van der Waals surface area contributed by atoms with Crippen molar-refractivity contribution in [1.82, 2.24) is 9.88 Å². The molecular weight excluding hydrogens is 338 g/mol. The number of carbonyl (C=O) groups is 1. The topological polar surface area (TPSA) is 54.5 Å². The highest BCUT2D eigenvalue weighted by molar-refractivity contribution is 5.94. The Kier molecular flexibility index (Phi) is 5.01. The molecule has 0 bridgehead atoms. The fourth-order valence-electron chi connectivity index (χ4n) is 4.14. The molecule has 1 saturated heterocycles. The normalized spacial score (nSPS) is 19.6. The number of nitrogens with one attached hydrogen (secondary N) is 1. The van der Waals surface area contributed by atoms with Crippen LogP contribution in [0, 0.1) is 5.92 Å². The lowest BCUT2D eigenvalue weighted by Crippen LogP contribution is -2.37. The van der Waals surface area contributed by atoms with Crippen molar-refractivity contribution in [2.45, 2.75) is 38.6 Å². The molecule has 1 aliphatic carbocycles. The highest BCUT2D eigenvalue weighted by atomic mass is 16.5. The fourth-order valence-corrected chi connectivity index (χ4v) is 4.14. The summed E-state index contributed by atoms with van der Waals surface area (Å²) in [5, 5.41) is 3.51. The third-order valence-electron chi connectivity index (χ3n) is 5.85. The second-order valence-electron chi connectivity index (χ2n) is 7.67. The number of hydrogen-bond donors (Lipinski definition) is 1. The zero-order valence-electron chi connectivity index (χ0n) is 16.1. The molecule has 1 aliphatic heterocycles. The molecule has 1 N–H and O–H groups in total. The number of ether oxygens (including phenoxy) is 1. The molecule has 0 radical (unpaired) electrons. The lowest BCUT2D eigenvalue weighted by Gasteiger charge is -2.30. The SMILES string of the molecule is COc1cccc2c1CCC2Nc1ccc(C(=O)N2CCC(C)CC2)cn1. The van der Waals surface area contributed by atoms with E-state index in [2.05, 4.69) is 23.3 Å². The second kappa shape index (κ2) is 7.59. The first-order valence-corrected chi connectivity index (χ1v) is 9.83. The largest absolute Gasteiger partial charge is 0.496 e. The first-order valence-electron chi connectivity index (χ1n) is 9.83. The molecule has 4 rings (SSSR count). The summed E-state index contributed by atoms with van der Waals surface area (Å²) in [5.41, 5.74) is 3.23. The molecule has 5 nitrogen and oxygen atoms in total. The highest BCUT2D eigenvalue weighted by Gasteiger charge is 2.26. The number of likely N-dealkylation sites (tertiary alicyclic amines) is 1. The summed E-state index contributed by atoms with van der Waals surface area (Å²) >= 11 is 0. The Morgan fingerprint density at radius 2 is 2.00 bits per heavy atom. The molecule has 1 amide bonds. The van der Waals surface area contributed by atoms with Gasteiger partial charge in [0.1, 0.15) is 11.6 Å². The summed E-state index contributed by atoms with van der Waals surface area (Å²) in [4.78, 5) is 19.1. The summed E-state index contributed by atoms with van der Waals surface area (Å²) in [6.07, 6.45) is 5.89. The predicted octanol–water partition coefficient (Wildman–Crippen LogP) is 4.06. The van der Waals surface area contributed by atoms with Gasteiger partial charge in [-0.05, 0) is 60.9 Å². The van der Waals surface area contributed by atoms with Crippen LogP contribution >= 0.6 is 0 Å². The summed E-state index contributed by atoms with van der Waals surface area (Å²) in [6.45, 7) is 3.95. The lowest BCUT2D eigenvalue weighted by atomic mass is 9.99. The van der Waals surface area contributed by atoms with Crippen LogP contribution in [0.1, 0.15) is 53.7 Å². The summed E-state index contributed by atoms with van der Waals surface area (Å²) in [7, 11) is 1.72. The average molecular weight is 365 g/mol. The summed E-state index contributed by atoms with van der Waals surface area (Å²) in [5.74, 6) is 2.57. The number of nitrogens with zero attached hydrogens (tertiary/aromatic N) is 2. The number of carbonyl (C=O) groups excluding carboxylic acids is 1. The van der Waals surface area contributed by atoms with Gasteiger partial charge in [0, 0.05) is 19.3 Å². The maximum Gasteiger partial charge on any atom is 0.255 e. The van der Waals surface area contributed by atoms with E-state index >= 15 is 0 Å². The monoisotopic (exact) mass is 365 g/mol. The molecule has 142 valence electrons. The van der Waals surface area contributed by atoms with Gasteiger partial charge in [-0.15, -0.1) is 0 Å². The molecule has 1 aromatic carbocycles. The van der Waals surface area contributed by atoms with Gasteiger partial charge in [0.2, 0.25) is 0 Å². The van der Waals surface area contributed by atoms with Crippen LogP contribution in [0.25, 0.3) is 0 Å². The Hall–Kier alpha value is -2.56. The van der Waals surface area contributed by atoms with Crippen molar-refractivity contribution >= 4 is 11.7 Å². The number of anilines is 1. The van der Waals surface area contributed by atoms with Gasteiger partial charge in [-0.1, -0.05) is 19.1 Å². The molecule has 0 spiro atoms. The number of amides is 1. The minimum absolute atomic E-state index is 0.0944. The molecule has 27 heavy (non-hydrogen) atoms. The first kappa shape index (κ1) is 17.8. The Morgan fingerprint density at radius 3 is 2.70 bits per heavy atom. The van der Waals surface area contributed by atoms with Crippen LogP contribution in [0.4, 0.5) is 5.82 Å². The van der Waals surface area contributed by atoms with E-state index in [1.165, 1.54) is 11.1 Å². The molecule has 2 aromatic rings. The van der Waals surface area contributed by atoms with E-state index in [9.17, 15) is 4.79 Å². The fraction of sp³-hybridized carbons (Fsp3) is 0.455. The zero-order chi connectivity index (χ0) is 18.8. The molecule has 1 unspecified atom stereocenters. The molecule has 2 aliphatic rings. The van der Waals surface area contributed by atoms with Crippen molar-refractivity contribution in [3.8, 4) is 5.75 Å². The molecule has 1 aromatic heterocycles. The van der Waals surface area contributed by atoms with Crippen molar-refractivity contribution in [2.24, 2.45) is 5.92 Å². The van der Waals surface area contributed by atoms with Crippen molar-refractivity contribution in [3.63, 3.8) is 0 Å². The Morgan fingerprint density at radius 1 is 1.19 bits per heavy atom. The van der Waals surface area contributed by atoms with Gasteiger partial charge in [-0.2, -0.15) is 0 Å². The molecule has 2 heterocycles. The van der Waals surface area contributed by atoms with Crippen molar-refractivity contribution in [3.05, 3.63) is 53.2 Å². The number of rotatable bonds is 4. The molecule has 0 saturated carbocycles. The van der Waals surface area contributed by atoms with Gasteiger partial charge in [0.05, 0.1) is 18.7 Å². The zero-order valence-corrected chi connectivity index (χ0v) is 16.1. The first-order chi connectivity index (χ1) is 13.2. The van der Waals surface area contributed by atoms with Crippen LogP contribution in [-0.2, 0) is 6.42 Å². The van der Waals surface area contributed by atoms with E-state index < -0.39 is 0 Å². The molecule has 1 atom stereocenters. The number of hydrogen-bond acceptors (Lipinski definition) is 4. The quantitative estimate of drug-likeness (QED) is 0.888. The highest BCUT2D eigenvalue weighted by Crippen LogP contribution is 2.38. The Bertz CT molecular complexity index is 811. The van der Waals surface area contributed by atoms with Gasteiger partial charge >= 0.3 is 0 Å². The number of pyridine rings is 1. The van der Waals surface area contributed by atoms with Crippen LogP contribution < -0.4 is 10.1 Å². The van der Waals surface area contributed by atoms with E-state index in [1.807, 2.05) is 29.2 Å². The van der Waals surface area contributed by atoms with Crippen LogP contribution in [0.5, 0.6) is 5.75 Å². The van der Waals surface area contributed by atoms with Crippen molar-refractivity contribution in [1.29, 1.82) is 0 Å². The van der Waals surface area contributed by atoms with Crippen LogP contribution in [0.2, 0.25) is 0 Å². The van der Waals surface area contributed by atoms with E-state index in [4.69, 9.17) is 4.74 Å². The standard InChI is InChI=1S/C22H27N3O2/c1-15-10-12-25(13-11-15)22(26)16-6-9-21(23-14-16)24-19-8-7-18-17(19)4-3-5-20(18)27-2/h3-6,9,14-15,19H,7-8,10-13H2,1-2H3,(H,23,24). The van der Waals surface area contributed by atoms with Gasteiger partial charge in [-0.3, -0.25) is 4.79 Å². The van der Waals surface area contributed by atoms with E-state index in [1.54, 1.807) is 13.3 Å². The Labute approximate surface area is 160 Å². The third kappa shape index (κ3) is 3.64. The van der Waals surface area contributed by atoms with E-state index in [-0.39, 0.29) is 11.9 Å². The third-order valence-corrected chi connectivity index (χ3v) is 5.85. The van der Waals surface area contributed by atoms with E-state index in [0.29, 0.717) is 11.5 Å². The van der Waals surface area contributed by atoms with Crippen molar-refractivity contribution in [2.75, 3.05) is 25.5 Å². The molecular formula is C22H27N3O2. The number of piperidine rings is 1. The van der Waals surface area contributed by atoms with Gasteiger partial charge < -0.3 is 15.0 Å². The number of aromatic nitrogens is 1. The maximum atomic E-state index is 12.6.